The molecule has 0 saturated carbocycles. The largest absolute Gasteiger partial charge is 0.478 e. The molecule has 0 atom stereocenters. The molecule has 20 heavy (non-hydrogen) atoms. The number of aryl methyl sites for hydroxylation is 2. The third-order valence-corrected chi connectivity index (χ3v) is 2.95. The normalized spacial score (nSPS) is 10.3. The minimum atomic E-state index is -1.10. The van der Waals surface area contributed by atoms with Crippen molar-refractivity contribution < 1.29 is 9.90 Å². The zero-order valence-corrected chi connectivity index (χ0v) is 10.9. The topological polar surface area (TPSA) is 115 Å². The predicted octanol–water partition coefficient (Wildman–Crippen LogP) is 1.12. The summed E-state index contributed by atoms with van der Waals surface area (Å²) in [6.45, 7) is 3.64. The number of benzene rings is 1. The van der Waals surface area contributed by atoms with Crippen molar-refractivity contribution in [3.05, 3.63) is 55.9 Å². The second-order valence-electron chi connectivity index (χ2n) is 4.40. The van der Waals surface area contributed by atoms with Crippen molar-refractivity contribution in [2.75, 3.05) is 5.32 Å². The van der Waals surface area contributed by atoms with Crippen LogP contribution in [0.4, 0.5) is 11.4 Å². The highest BCUT2D eigenvalue weighted by molar-refractivity contribution is 5.95. The van der Waals surface area contributed by atoms with E-state index in [9.17, 15) is 19.5 Å². The van der Waals surface area contributed by atoms with Gasteiger partial charge in [-0.25, -0.2) is 9.59 Å². The van der Waals surface area contributed by atoms with Crippen molar-refractivity contribution in [3.8, 4) is 0 Å². The van der Waals surface area contributed by atoms with Gasteiger partial charge < -0.3 is 15.4 Å². The predicted molar refractivity (Wildman–Crippen MR) is 73.8 cm³/mol. The van der Waals surface area contributed by atoms with Crippen molar-refractivity contribution in [2.24, 2.45) is 0 Å². The number of carboxylic acids is 1. The number of H-pyrrole nitrogens is 2. The van der Waals surface area contributed by atoms with E-state index >= 15 is 0 Å². The minimum Gasteiger partial charge on any atom is -0.478 e. The monoisotopic (exact) mass is 275 g/mol. The van der Waals surface area contributed by atoms with Gasteiger partial charge >= 0.3 is 11.7 Å². The molecule has 104 valence electrons. The van der Waals surface area contributed by atoms with Crippen LogP contribution >= 0.6 is 0 Å². The lowest BCUT2D eigenvalue weighted by Gasteiger charge is -2.11. The molecule has 0 spiro atoms. The van der Waals surface area contributed by atoms with Crippen molar-refractivity contribution >= 4 is 17.3 Å². The van der Waals surface area contributed by atoms with Crippen molar-refractivity contribution in [1.29, 1.82) is 0 Å². The molecule has 7 nitrogen and oxygen atoms in total. The Labute approximate surface area is 113 Å². The smallest absolute Gasteiger partial charge is 0.337 e. The van der Waals surface area contributed by atoms with Gasteiger partial charge in [0.25, 0.3) is 5.56 Å². The van der Waals surface area contributed by atoms with Gasteiger partial charge in [0.1, 0.15) is 5.69 Å². The molecule has 0 radical (unpaired) electrons. The summed E-state index contributed by atoms with van der Waals surface area (Å²) in [5.41, 5.74) is 0.885. The summed E-state index contributed by atoms with van der Waals surface area (Å²) in [4.78, 5) is 38.1. The molecule has 0 aliphatic heterocycles. The first-order valence-corrected chi connectivity index (χ1v) is 5.82. The zero-order chi connectivity index (χ0) is 14.9. The first-order valence-electron chi connectivity index (χ1n) is 5.82. The first kappa shape index (κ1) is 13.6. The Balaban J connectivity index is 2.52. The van der Waals surface area contributed by atoms with Crippen molar-refractivity contribution in [2.45, 2.75) is 13.8 Å². The second-order valence-corrected chi connectivity index (χ2v) is 4.40. The van der Waals surface area contributed by atoms with Crippen LogP contribution in [0.2, 0.25) is 0 Å². The summed E-state index contributed by atoms with van der Waals surface area (Å²) in [6.07, 6.45) is 1.20. The Morgan fingerprint density at radius 2 is 1.80 bits per heavy atom. The highest BCUT2D eigenvalue weighted by Gasteiger charge is 2.13. The molecule has 2 rings (SSSR count). The van der Waals surface area contributed by atoms with E-state index in [-0.39, 0.29) is 16.9 Å². The van der Waals surface area contributed by atoms with Crippen LogP contribution in [0.3, 0.4) is 0 Å². The Hall–Kier alpha value is -2.83. The molecule has 4 N–H and O–H groups in total. The molecular weight excluding hydrogens is 262 g/mol. The van der Waals surface area contributed by atoms with Gasteiger partial charge in [0, 0.05) is 6.20 Å². The lowest BCUT2D eigenvalue weighted by molar-refractivity contribution is 0.0698. The summed E-state index contributed by atoms with van der Waals surface area (Å²) in [6, 6.07) is 3.17. The summed E-state index contributed by atoms with van der Waals surface area (Å²) < 4.78 is 0. The van der Waals surface area contributed by atoms with Gasteiger partial charge in [-0.2, -0.15) is 0 Å². The third kappa shape index (κ3) is 2.61. The van der Waals surface area contributed by atoms with Crippen LogP contribution in [0.25, 0.3) is 0 Å². The fourth-order valence-corrected chi connectivity index (χ4v) is 1.74. The van der Waals surface area contributed by atoms with Gasteiger partial charge in [0.05, 0.1) is 11.3 Å². The summed E-state index contributed by atoms with van der Waals surface area (Å²) in [7, 11) is 0. The number of nitrogens with one attached hydrogen (secondary N) is 3. The van der Waals surface area contributed by atoms with Crippen LogP contribution in [-0.2, 0) is 0 Å². The highest BCUT2D eigenvalue weighted by Crippen LogP contribution is 2.23. The molecule has 0 bridgehead atoms. The molecule has 0 saturated heterocycles. The number of rotatable bonds is 3. The standard InChI is InChI=1S/C13H13N3O4/c1-6-3-8(12(18)19)9(4-7(6)2)15-10-5-14-13(20)16-11(10)17/h3-5,15H,1-2H3,(H,18,19)(H2,14,16,17,20). The summed E-state index contributed by atoms with van der Waals surface area (Å²) in [5, 5.41) is 11.9. The SMILES string of the molecule is Cc1cc(Nc2c[nH]c(=O)[nH]c2=O)c(C(=O)O)cc1C. The third-order valence-electron chi connectivity index (χ3n) is 2.95. The van der Waals surface area contributed by atoms with Crippen LogP contribution < -0.4 is 16.6 Å². The molecule has 0 aliphatic rings. The van der Waals surface area contributed by atoms with Gasteiger partial charge in [-0.15, -0.1) is 0 Å². The van der Waals surface area contributed by atoms with Gasteiger partial charge in [0.15, 0.2) is 0 Å². The van der Waals surface area contributed by atoms with Crippen molar-refractivity contribution in [3.63, 3.8) is 0 Å². The molecule has 1 aromatic heterocycles. The van der Waals surface area contributed by atoms with Crippen LogP contribution in [0.5, 0.6) is 0 Å². The highest BCUT2D eigenvalue weighted by atomic mass is 16.4. The molecule has 7 heteroatoms. The van der Waals surface area contributed by atoms with E-state index in [0.29, 0.717) is 0 Å². The maximum absolute atomic E-state index is 11.6. The Morgan fingerprint density at radius 3 is 2.40 bits per heavy atom. The summed E-state index contributed by atoms with van der Waals surface area (Å²) >= 11 is 0. The van der Waals surface area contributed by atoms with Crippen LogP contribution in [-0.4, -0.2) is 21.0 Å². The number of hydrogen-bond acceptors (Lipinski definition) is 4. The number of carboxylic acid groups (broad SMARTS) is 1. The minimum absolute atomic E-state index is 0.0544. The number of carbonyl (C=O) groups is 1. The van der Waals surface area contributed by atoms with Gasteiger partial charge in [-0.3, -0.25) is 9.78 Å². The van der Waals surface area contributed by atoms with E-state index in [1.54, 1.807) is 13.0 Å². The lowest BCUT2D eigenvalue weighted by Crippen LogP contribution is -2.23. The van der Waals surface area contributed by atoms with Gasteiger partial charge in [-0.1, -0.05) is 0 Å². The molecule has 1 heterocycles. The first-order chi connectivity index (χ1) is 9.38. The van der Waals surface area contributed by atoms with E-state index in [0.717, 1.165) is 11.1 Å². The number of aromatic nitrogens is 2. The maximum atomic E-state index is 11.6. The average molecular weight is 275 g/mol. The zero-order valence-electron chi connectivity index (χ0n) is 10.9. The number of hydrogen-bond donors (Lipinski definition) is 4. The van der Waals surface area contributed by atoms with Gasteiger partial charge in [-0.05, 0) is 37.1 Å². The van der Waals surface area contributed by atoms with E-state index in [1.165, 1.54) is 12.3 Å². The van der Waals surface area contributed by atoms with E-state index in [2.05, 4.69) is 15.3 Å². The molecule has 2 aromatic rings. The number of anilines is 2. The molecule has 0 unspecified atom stereocenters. The van der Waals surface area contributed by atoms with E-state index < -0.39 is 17.2 Å². The Kier molecular flexibility index (Phi) is 3.43. The van der Waals surface area contributed by atoms with Crippen molar-refractivity contribution in [1.82, 2.24) is 9.97 Å². The molecular formula is C13H13N3O4. The lowest BCUT2D eigenvalue weighted by atomic mass is 10.0. The molecule has 1 aromatic carbocycles. The fourth-order valence-electron chi connectivity index (χ4n) is 1.74. The average Bonchev–Trinajstić information content (AvgIpc) is 2.36. The summed E-state index contributed by atoms with van der Waals surface area (Å²) in [5.74, 6) is -1.10. The van der Waals surface area contributed by atoms with Crippen LogP contribution in [0.15, 0.2) is 27.9 Å². The van der Waals surface area contributed by atoms with Gasteiger partial charge in [0.2, 0.25) is 0 Å². The van der Waals surface area contributed by atoms with E-state index in [4.69, 9.17) is 0 Å². The molecule has 0 aliphatic carbocycles. The Bertz CT molecular complexity index is 789. The second kappa shape index (κ2) is 5.04. The Morgan fingerprint density at radius 1 is 1.15 bits per heavy atom. The number of aromatic carboxylic acids is 1. The fraction of sp³-hybridized carbons (Fsp3) is 0.154. The molecule has 0 amide bonds. The molecule has 0 fully saturated rings. The number of aromatic amines is 2. The van der Waals surface area contributed by atoms with Crippen LogP contribution in [0, 0.1) is 13.8 Å². The van der Waals surface area contributed by atoms with Crippen LogP contribution in [0.1, 0.15) is 21.5 Å². The quantitative estimate of drug-likeness (QED) is 0.670. The maximum Gasteiger partial charge on any atom is 0.337 e. The van der Waals surface area contributed by atoms with E-state index in [1.807, 2.05) is 6.92 Å².